The van der Waals surface area contributed by atoms with E-state index in [1.165, 1.54) is 15.4 Å². The SMILES string of the molecule is O=C(NCCN1CCCS1(=O)=O)C(=O)NC1CCCc2ccccc2C1. The Kier molecular flexibility index (Phi) is 5.93. The summed E-state index contributed by atoms with van der Waals surface area (Å²) < 4.78 is 24.8. The lowest BCUT2D eigenvalue weighted by Crippen LogP contribution is -2.46. The van der Waals surface area contributed by atoms with Gasteiger partial charge >= 0.3 is 11.8 Å². The Morgan fingerprint density at radius 3 is 2.62 bits per heavy atom. The van der Waals surface area contributed by atoms with Gasteiger partial charge in [0.2, 0.25) is 10.0 Å². The minimum atomic E-state index is -3.18. The maximum absolute atomic E-state index is 12.1. The van der Waals surface area contributed by atoms with Gasteiger partial charge in [0, 0.05) is 25.7 Å². The van der Waals surface area contributed by atoms with Gasteiger partial charge in [-0.05, 0) is 43.2 Å². The van der Waals surface area contributed by atoms with E-state index in [0.717, 1.165) is 25.7 Å². The predicted molar refractivity (Wildman–Crippen MR) is 98.0 cm³/mol. The zero-order chi connectivity index (χ0) is 18.6. The lowest BCUT2D eigenvalue weighted by atomic mass is 10.0. The van der Waals surface area contributed by atoms with Crippen molar-refractivity contribution in [2.45, 2.75) is 38.1 Å². The minimum absolute atomic E-state index is 0.0594. The zero-order valence-electron chi connectivity index (χ0n) is 14.7. The number of carbonyl (C=O) groups excluding carboxylic acids is 2. The van der Waals surface area contributed by atoms with Crippen LogP contribution >= 0.6 is 0 Å². The van der Waals surface area contributed by atoms with Crippen molar-refractivity contribution in [1.82, 2.24) is 14.9 Å². The van der Waals surface area contributed by atoms with E-state index in [4.69, 9.17) is 0 Å². The van der Waals surface area contributed by atoms with Crippen molar-refractivity contribution >= 4 is 21.8 Å². The van der Waals surface area contributed by atoms with Crippen LogP contribution < -0.4 is 10.6 Å². The molecule has 142 valence electrons. The first-order valence-corrected chi connectivity index (χ1v) is 10.7. The van der Waals surface area contributed by atoms with Crippen LogP contribution in [0.4, 0.5) is 0 Å². The summed E-state index contributed by atoms with van der Waals surface area (Å²) in [4.78, 5) is 24.1. The van der Waals surface area contributed by atoms with E-state index >= 15 is 0 Å². The molecule has 0 radical (unpaired) electrons. The second kappa shape index (κ2) is 8.18. The van der Waals surface area contributed by atoms with Crippen molar-refractivity contribution in [3.8, 4) is 0 Å². The van der Waals surface area contributed by atoms with Crippen LogP contribution in [0.15, 0.2) is 24.3 Å². The van der Waals surface area contributed by atoms with Crippen LogP contribution in [0.25, 0.3) is 0 Å². The average Bonchev–Trinajstić information content (AvgIpc) is 2.82. The average molecular weight is 379 g/mol. The molecule has 0 aromatic heterocycles. The van der Waals surface area contributed by atoms with Crippen LogP contribution in [-0.4, -0.2) is 56.0 Å². The van der Waals surface area contributed by atoms with Gasteiger partial charge in [0.25, 0.3) is 0 Å². The summed E-state index contributed by atoms with van der Waals surface area (Å²) in [6, 6.07) is 8.12. The van der Waals surface area contributed by atoms with Gasteiger partial charge in [-0.1, -0.05) is 24.3 Å². The Bertz CT molecular complexity index is 778. The van der Waals surface area contributed by atoms with Crippen molar-refractivity contribution < 1.29 is 18.0 Å². The number of hydrogen-bond donors (Lipinski definition) is 2. The van der Waals surface area contributed by atoms with E-state index in [-0.39, 0.29) is 24.9 Å². The highest BCUT2D eigenvalue weighted by molar-refractivity contribution is 7.89. The normalized spacial score (nSPS) is 22.2. The van der Waals surface area contributed by atoms with Crippen molar-refractivity contribution in [2.75, 3.05) is 25.4 Å². The molecule has 1 heterocycles. The third-order valence-electron chi connectivity index (χ3n) is 4.97. The van der Waals surface area contributed by atoms with Gasteiger partial charge in [-0.25, -0.2) is 12.7 Å². The first-order chi connectivity index (χ1) is 12.5. The predicted octanol–water partition coefficient (Wildman–Crippen LogP) is 0.202. The molecule has 1 fully saturated rings. The molecular formula is C18H25N3O4S. The van der Waals surface area contributed by atoms with E-state index in [0.29, 0.717) is 13.0 Å². The van der Waals surface area contributed by atoms with Crippen LogP contribution in [0.1, 0.15) is 30.4 Å². The Balaban J connectivity index is 1.46. The number of nitrogens with one attached hydrogen (secondary N) is 2. The van der Waals surface area contributed by atoms with Gasteiger partial charge in [0.1, 0.15) is 0 Å². The van der Waals surface area contributed by atoms with Gasteiger partial charge in [-0.2, -0.15) is 0 Å². The highest BCUT2D eigenvalue weighted by atomic mass is 32.2. The molecule has 2 N–H and O–H groups in total. The third kappa shape index (κ3) is 4.62. The number of fused-ring (bicyclic) bond motifs is 1. The number of amides is 2. The van der Waals surface area contributed by atoms with E-state index in [9.17, 15) is 18.0 Å². The smallest absolute Gasteiger partial charge is 0.309 e. The first-order valence-electron chi connectivity index (χ1n) is 9.09. The van der Waals surface area contributed by atoms with Crippen LogP contribution in [0.5, 0.6) is 0 Å². The Morgan fingerprint density at radius 2 is 1.88 bits per heavy atom. The first kappa shape index (κ1) is 18.8. The Hall–Kier alpha value is -1.93. The van der Waals surface area contributed by atoms with E-state index in [1.807, 2.05) is 12.1 Å². The van der Waals surface area contributed by atoms with Crippen molar-refractivity contribution in [1.29, 1.82) is 0 Å². The molecule has 26 heavy (non-hydrogen) atoms. The molecule has 1 saturated heterocycles. The number of benzene rings is 1. The van der Waals surface area contributed by atoms with E-state index < -0.39 is 21.8 Å². The number of carbonyl (C=O) groups is 2. The molecular weight excluding hydrogens is 354 g/mol. The summed E-state index contributed by atoms with van der Waals surface area (Å²) in [5, 5.41) is 5.33. The molecule has 1 atom stereocenters. The molecule has 8 heteroatoms. The van der Waals surface area contributed by atoms with Crippen LogP contribution in [0.2, 0.25) is 0 Å². The standard InChI is InChI=1S/C18H25N3O4S/c22-17(19-9-11-21-10-4-12-26(21,24)25)18(23)20-16-8-3-7-14-5-1-2-6-15(14)13-16/h1-2,5-6,16H,3-4,7-13H2,(H,19,22)(H,20,23). The largest absolute Gasteiger partial charge is 0.347 e. The van der Waals surface area contributed by atoms with Crippen molar-refractivity contribution in [3.05, 3.63) is 35.4 Å². The highest BCUT2D eigenvalue weighted by Crippen LogP contribution is 2.20. The Morgan fingerprint density at radius 1 is 1.12 bits per heavy atom. The summed E-state index contributed by atoms with van der Waals surface area (Å²) >= 11 is 0. The fourth-order valence-corrected chi connectivity index (χ4v) is 5.13. The van der Waals surface area contributed by atoms with E-state index in [1.54, 1.807) is 0 Å². The van der Waals surface area contributed by atoms with E-state index in [2.05, 4.69) is 22.8 Å². The maximum atomic E-state index is 12.1. The molecule has 1 unspecified atom stereocenters. The quantitative estimate of drug-likeness (QED) is 0.577. The third-order valence-corrected chi connectivity index (χ3v) is 6.93. The summed E-state index contributed by atoms with van der Waals surface area (Å²) in [7, 11) is -3.18. The lowest BCUT2D eigenvalue weighted by molar-refractivity contribution is -0.139. The van der Waals surface area contributed by atoms with Gasteiger partial charge in [0.05, 0.1) is 5.75 Å². The van der Waals surface area contributed by atoms with Gasteiger partial charge < -0.3 is 10.6 Å². The molecule has 0 saturated carbocycles. The van der Waals surface area contributed by atoms with Crippen LogP contribution in [0.3, 0.4) is 0 Å². The molecule has 7 nitrogen and oxygen atoms in total. The Labute approximate surface area is 154 Å². The molecule has 0 bridgehead atoms. The molecule has 1 aliphatic heterocycles. The molecule has 2 aliphatic rings. The zero-order valence-corrected chi connectivity index (χ0v) is 15.6. The minimum Gasteiger partial charge on any atom is -0.347 e. The number of nitrogens with zero attached hydrogens (tertiary/aromatic N) is 1. The summed E-state index contributed by atoms with van der Waals surface area (Å²) in [5.74, 6) is -1.21. The van der Waals surface area contributed by atoms with Crippen molar-refractivity contribution in [3.63, 3.8) is 0 Å². The molecule has 1 aromatic carbocycles. The monoisotopic (exact) mass is 379 g/mol. The fourth-order valence-electron chi connectivity index (χ4n) is 3.60. The molecule has 2 amide bonds. The lowest BCUT2D eigenvalue weighted by Gasteiger charge is -2.17. The maximum Gasteiger partial charge on any atom is 0.309 e. The van der Waals surface area contributed by atoms with Crippen LogP contribution in [-0.2, 0) is 32.5 Å². The highest BCUT2D eigenvalue weighted by Gasteiger charge is 2.28. The molecule has 0 spiro atoms. The van der Waals surface area contributed by atoms with Gasteiger partial charge in [-0.3, -0.25) is 9.59 Å². The second-order valence-electron chi connectivity index (χ2n) is 6.86. The number of aryl methyl sites for hydroxylation is 1. The molecule has 3 rings (SSSR count). The summed E-state index contributed by atoms with van der Waals surface area (Å²) in [5.41, 5.74) is 2.52. The second-order valence-corrected chi connectivity index (χ2v) is 8.95. The summed E-state index contributed by atoms with van der Waals surface area (Å²) in [6.45, 7) is 0.822. The number of hydrogen-bond acceptors (Lipinski definition) is 4. The number of rotatable bonds is 4. The molecule has 1 aromatic rings. The fraction of sp³-hybridized carbons (Fsp3) is 0.556. The van der Waals surface area contributed by atoms with Gasteiger partial charge in [-0.15, -0.1) is 0 Å². The summed E-state index contributed by atoms with van der Waals surface area (Å²) in [6.07, 6.45) is 4.12. The van der Waals surface area contributed by atoms with Gasteiger partial charge in [0.15, 0.2) is 0 Å². The topological polar surface area (TPSA) is 95.6 Å². The van der Waals surface area contributed by atoms with Crippen molar-refractivity contribution in [2.24, 2.45) is 0 Å². The van der Waals surface area contributed by atoms with Crippen LogP contribution in [0, 0.1) is 0 Å². The molecule has 1 aliphatic carbocycles. The number of sulfonamides is 1.